The van der Waals surface area contributed by atoms with Crippen molar-refractivity contribution < 1.29 is 4.79 Å². The number of hydrogen-bond donors (Lipinski definition) is 2. The van der Waals surface area contributed by atoms with Gasteiger partial charge in [-0.25, -0.2) is 0 Å². The van der Waals surface area contributed by atoms with E-state index < -0.39 is 5.91 Å². The highest BCUT2D eigenvalue weighted by molar-refractivity contribution is 5.93. The molecule has 1 aromatic carbocycles. The van der Waals surface area contributed by atoms with Crippen molar-refractivity contribution in [1.29, 1.82) is 0 Å². The first-order valence-corrected chi connectivity index (χ1v) is 6.64. The molecule has 1 aromatic heterocycles. The number of amides is 1. The molecule has 0 bridgehead atoms. The van der Waals surface area contributed by atoms with Crippen molar-refractivity contribution in [1.82, 2.24) is 9.78 Å². The lowest BCUT2D eigenvalue weighted by Crippen LogP contribution is -2.11. The Hall–Kier alpha value is -2.30. The lowest BCUT2D eigenvalue weighted by Gasteiger charge is -2.09. The highest BCUT2D eigenvalue weighted by Gasteiger charge is 2.05. The van der Waals surface area contributed by atoms with E-state index in [0.29, 0.717) is 18.2 Å². The van der Waals surface area contributed by atoms with Gasteiger partial charge in [0.1, 0.15) is 0 Å². The van der Waals surface area contributed by atoms with Crippen LogP contribution in [0.3, 0.4) is 0 Å². The van der Waals surface area contributed by atoms with Gasteiger partial charge in [0, 0.05) is 35.6 Å². The van der Waals surface area contributed by atoms with Gasteiger partial charge in [0.25, 0.3) is 0 Å². The summed E-state index contributed by atoms with van der Waals surface area (Å²) in [6.45, 7) is 6.84. The van der Waals surface area contributed by atoms with Crippen LogP contribution in [0.5, 0.6) is 0 Å². The Labute approximate surface area is 118 Å². The lowest BCUT2D eigenvalue weighted by molar-refractivity contribution is 0.1000. The number of aromatic nitrogens is 2. The monoisotopic (exact) mass is 272 g/mol. The predicted molar refractivity (Wildman–Crippen MR) is 79.6 cm³/mol. The zero-order valence-electron chi connectivity index (χ0n) is 12.1. The molecule has 2 aromatic rings. The average Bonchev–Trinajstić information content (AvgIpc) is 2.86. The topological polar surface area (TPSA) is 72.9 Å². The minimum absolute atomic E-state index is 0.361. The van der Waals surface area contributed by atoms with Crippen LogP contribution in [0, 0.1) is 6.92 Å². The third-order valence-electron chi connectivity index (χ3n) is 3.18. The summed E-state index contributed by atoms with van der Waals surface area (Å²) in [7, 11) is 0. The van der Waals surface area contributed by atoms with Crippen molar-refractivity contribution >= 4 is 11.6 Å². The maximum Gasteiger partial charge on any atom is 0.248 e. The molecule has 0 saturated carbocycles. The van der Waals surface area contributed by atoms with Crippen LogP contribution in [0.25, 0.3) is 0 Å². The summed E-state index contributed by atoms with van der Waals surface area (Å²) >= 11 is 0. The van der Waals surface area contributed by atoms with Gasteiger partial charge in [-0.2, -0.15) is 5.10 Å². The van der Waals surface area contributed by atoms with Crippen LogP contribution in [-0.4, -0.2) is 15.7 Å². The first kappa shape index (κ1) is 14.1. The van der Waals surface area contributed by atoms with Crippen molar-refractivity contribution in [2.45, 2.75) is 33.4 Å². The number of rotatable bonds is 5. The highest BCUT2D eigenvalue weighted by atomic mass is 16.1. The van der Waals surface area contributed by atoms with E-state index in [0.717, 1.165) is 16.8 Å². The van der Waals surface area contributed by atoms with Gasteiger partial charge in [-0.1, -0.05) is 0 Å². The summed E-state index contributed by atoms with van der Waals surface area (Å²) in [4.78, 5) is 11.1. The van der Waals surface area contributed by atoms with Crippen molar-refractivity contribution in [3.63, 3.8) is 0 Å². The number of carbonyl (C=O) groups is 1. The second-order valence-corrected chi connectivity index (χ2v) is 5.17. The second kappa shape index (κ2) is 5.77. The van der Waals surface area contributed by atoms with E-state index in [1.165, 1.54) is 0 Å². The van der Waals surface area contributed by atoms with Gasteiger partial charge in [-0.3, -0.25) is 9.48 Å². The summed E-state index contributed by atoms with van der Waals surface area (Å²) in [5.74, 6) is -0.405. The highest BCUT2D eigenvalue weighted by Crippen LogP contribution is 2.17. The fraction of sp³-hybridized carbons (Fsp3) is 0.333. The van der Waals surface area contributed by atoms with E-state index in [2.05, 4.69) is 24.3 Å². The first-order chi connectivity index (χ1) is 9.47. The first-order valence-electron chi connectivity index (χ1n) is 6.64. The van der Waals surface area contributed by atoms with E-state index in [9.17, 15) is 4.79 Å². The number of nitrogens with two attached hydrogens (primary N) is 1. The molecular weight excluding hydrogens is 252 g/mol. The molecule has 0 aliphatic heterocycles. The SMILES string of the molecule is Cc1cc(C(N)=O)ccc1NCc1cnn(C(C)C)c1. The van der Waals surface area contributed by atoms with Crippen molar-refractivity contribution in [3.8, 4) is 0 Å². The molecule has 0 atom stereocenters. The molecule has 0 saturated heterocycles. The molecule has 106 valence electrons. The van der Waals surface area contributed by atoms with Gasteiger partial charge in [-0.15, -0.1) is 0 Å². The molecule has 5 nitrogen and oxygen atoms in total. The van der Waals surface area contributed by atoms with Gasteiger partial charge in [0.05, 0.1) is 6.20 Å². The van der Waals surface area contributed by atoms with Crippen LogP contribution in [-0.2, 0) is 6.54 Å². The maximum absolute atomic E-state index is 11.1. The van der Waals surface area contributed by atoms with Gasteiger partial charge in [-0.05, 0) is 44.5 Å². The van der Waals surface area contributed by atoms with Gasteiger partial charge < -0.3 is 11.1 Å². The van der Waals surface area contributed by atoms with Crippen molar-refractivity contribution in [3.05, 3.63) is 47.3 Å². The van der Waals surface area contributed by atoms with Crippen molar-refractivity contribution in [2.75, 3.05) is 5.32 Å². The van der Waals surface area contributed by atoms with Crippen LogP contribution in [0.1, 0.15) is 41.4 Å². The Kier molecular flexibility index (Phi) is 4.08. The molecule has 0 fully saturated rings. The third kappa shape index (κ3) is 3.17. The van der Waals surface area contributed by atoms with Crippen LogP contribution in [0.2, 0.25) is 0 Å². The Bertz CT molecular complexity index is 616. The maximum atomic E-state index is 11.1. The standard InChI is InChI=1S/C15H20N4O/c1-10(2)19-9-12(8-18-19)7-17-14-5-4-13(15(16)20)6-11(14)3/h4-6,8-10,17H,7H2,1-3H3,(H2,16,20). The quantitative estimate of drug-likeness (QED) is 0.878. The molecule has 0 radical (unpaired) electrons. The molecule has 5 heteroatoms. The number of anilines is 1. The lowest BCUT2D eigenvalue weighted by atomic mass is 10.1. The van der Waals surface area contributed by atoms with Crippen LogP contribution in [0.4, 0.5) is 5.69 Å². The van der Waals surface area contributed by atoms with Gasteiger partial charge in [0.2, 0.25) is 5.91 Å². The number of primary amides is 1. The number of nitrogens with zero attached hydrogens (tertiary/aromatic N) is 2. The van der Waals surface area contributed by atoms with Crippen molar-refractivity contribution in [2.24, 2.45) is 5.73 Å². The summed E-state index contributed by atoms with van der Waals surface area (Å²) in [5, 5.41) is 7.65. The zero-order valence-corrected chi connectivity index (χ0v) is 12.1. The van der Waals surface area contributed by atoms with Gasteiger partial charge in [0.15, 0.2) is 0 Å². The van der Waals surface area contributed by atoms with Crippen LogP contribution < -0.4 is 11.1 Å². The second-order valence-electron chi connectivity index (χ2n) is 5.17. The number of benzene rings is 1. The number of nitrogens with one attached hydrogen (secondary N) is 1. The minimum atomic E-state index is -0.405. The Morgan fingerprint density at radius 1 is 1.45 bits per heavy atom. The minimum Gasteiger partial charge on any atom is -0.381 e. The van der Waals surface area contributed by atoms with Crippen LogP contribution >= 0.6 is 0 Å². The van der Waals surface area contributed by atoms with E-state index in [-0.39, 0.29) is 0 Å². The molecule has 0 aliphatic carbocycles. The largest absolute Gasteiger partial charge is 0.381 e. The fourth-order valence-corrected chi connectivity index (χ4v) is 1.96. The summed E-state index contributed by atoms with van der Waals surface area (Å²) in [5.41, 5.74) is 8.90. The molecule has 0 unspecified atom stereocenters. The van der Waals surface area contributed by atoms with E-state index in [1.807, 2.05) is 30.1 Å². The van der Waals surface area contributed by atoms with Gasteiger partial charge >= 0.3 is 0 Å². The molecule has 3 N–H and O–H groups in total. The Morgan fingerprint density at radius 2 is 2.20 bits per heavy atom. The number of hydrogen-bond acceptors (Lipinski definition) is 3. The molecule has 20 heavy (non-hydrogen) atoms. The summed E-state index contributed by atoms with van der Waals surface area (Å²) in [6, 6.07) is 5.76. The Balaban J connectivity index is 2.05. The van der Waals surface area contributed by atoms with E-state index in [4.69, 9.17) is 5.73 Å². The molecule has 0 spiro atoms. The summed E-state index contributed by atoms with van der Waals surface area (Å²) < 4.78 is 1.93. The van der Waals surface area contributed by atoms with E-state index in [1.54, 1.807) is 12.1 Å². The Morgan fingerprint density at radius 3 is 2.75 bits per heavy atom. The van der Waals surface area contributed by atoms with Crippen LogP contribution in [0.15, 0.2) is 30.6 Å². The summed E-state index contributed by atoms with van der Waals surface area (Å²) in [6.07, 6.45) is 3.89. The molecule has 1 heterocycles. The smallest absolute Gasteiger partial charge is 0.248 e. The fourth-order valence-electron chi connectivity index (χ4n) is 1.96. The molecule has 1 amide bonds. The normalized spacial score (nSPS) is 10.8. The number of carbonyl (C=O) groups excluding carboxylic acids is 1. The molecular formula is C15H20N4O. The number of aryl methyl sites for hydroxylation is 1. The predicted octanol–water partition coefficient (Wildman–Crippen LogP) is 2.48. The molecule has 2 rings (SSSR count). The average molecular weight is 272 g/mol. The third-order valence-corrected chi connectivity index (χ3v) is 3.18. The molecule has 0 aliphatic rings. The van der Waals surface area contributed by atoms with E-state index >= 15 is 0 Å². The zero-order chi connectivity index (χ0) is 14.7.